The van der Waals surface area contributed by atoms with Crippen LogP contribution in [0.2, 0.25) is 5.02 Å². The van der Waals surface area contributed by atoms with Gasteiger partial charge >= 0.3 is 0 Å². The molecule has 1 saturated carbocycles. The number of rotatable bonds is 5. The van der Waals surface area contributed by atoms with Crippen molar-refractivity contribution >= 4 is 28.2 Å². The first-order valence-electron chi connectivity index (χ1n) is 7.01. The fourth-order valence-corrected chi connectivity index (χ4v) is 2.95. The fraction of sp³-hybridized carbons (Fsp3) is 0.438. The zero-order valence-corrected chi connectivity index (χ0v) is 12.0. The lowest BCUT2D eigenvalue weighted by Gasteiger charge is -2.17. The quantitative estimate of drug-likeness (QED) is 0.840. The van der Waals surface area contributed by atoms with Crippen LogP contribution in [-0.2, 0) is 0 Å². The maximum atomic E-state index is 6.01. The number of nitrogens with one attached hydrogen (secondary N) is 1. The summed E-state index contributed by atoms with van der Waals surface area (Å²) in [6.45, 7) is 3.34. The molecule has 19 heavy (non-hydrogen) atoms. The minimum absolute atomic E-state index is 0.552. The number of benzene rings is 1. The average Bonchev–Trinajstić information content (AvgIpc) is 3.16. The van der Waals surface area contributed by atoms with E-state index in [1.54, 1.807) is 0 Å². The highest BCUT2D eigenvalue weighted by Crippen LogP contribution is 2.49. The Labute approximate surface area is 119 Å². The molecule has 0 aliphatic heterocycles. The summed E-state index contributed by atoms with van der Waals surface area (Å²) in [5.74, 6) is 0. The molecule has 1 heterocycles. The van der Waals surface area contributed by atoms with Gasteiger partial charge in [-0.15, -0.1) is 0 Å². The van der Waals surface area contributed by atoms with Gasteiger partial charge in [0.05, 0.1) is 5.52 Å². The van der Waals surface area contributed by atoms with E-state index in [1.807, 2.05) is 24.4 Å². The molecule has 0 atom stereocenters. The van der Waals surface area contributed by atoms with Crippen LogP contribution in [-0.4, -0.2) is 11.5 Å². The van der Waals surface area contributed by atoms with Crippen LogP contribution in [0, 0.1) is 5.41 Å². The van der Waals surface area contributed by atoms with E-state index in [1.165, 1.54) is 31.4 Å². The lowest BCUT2D eigenvalue weighted by Crippen LogP contribution is -2.15. The number of hydrogen-bond donors (Lipinski definition) is 1. The molecule has 2 nitrogen and oxygen atoms in total. The molecule has 1 aromatic heterocycles. The van der Waals surface area contributed by atoms with Gasteiger partial charge in [0.2, 0.25) is 0 Å². The van der Waals surface area contributed by atoms with E-state index in [9.17, 15) is 0 Å². The van der Waals surface area contributed by atoms with Crippen molar-refractivity contribution in [2.75, 3.05) is 11.9 Å². The van der Waals surface area contributed by atoms with Gasteiger partial charge in [-0.05, 0) is 48.9 Å². The second kappa shape index (κ2) is 5.01. The number of pyridine rings is 1. The van der Waals surface area contributed by atoms with Gasteiger partial charge in [-0.2, -0.15) is 0 Å². The van der Waals surface area contributed by atoms with Crippen LogP contribution in [0.25, 0.3) is 10.9 Å². The van der Waals surface area contributed by atoms with E-state index >= 15 is 0 Å². The lowest BCUT2D eigenvalue weighted by atomic mass is 10.0. The Morgan fingerprint density at radius 1 is 1.32 bits per heavy atom. The topological polar surface area (TPSA) is 24.9 Å². The summed E-state index contributed by atoms with van der Waals surface area (Å²) in [6.07, 6.45) is 7.18. The van der Waals surface area contributed by atoms with Crippen molar-refractivity contribution in [3.05, 3.63) is 35.5 Å². The SMILES string of the molecule is CCCC1(CNc2ccnc3cc(Cl)ccc23)CC1. The maximum absolute atomic E-state index is 6.01. The molecule has 0 radical (unpaired) electrons. The normalized spacial score (nSPS) is 16.5. The number of nitrogens with zero attached hydrogens (tertiary/aromatic N) is 1. The molecule has 0 amide bonds. The molecule has 0 saturated heterocycles. The van der Waals surface area contributed by atoms with Crippen LogP contribution < -0.4 is 5.32 Å². The fourth-order valence-electron chi connectivity index (χ4n) is 2.78. The highest BCUT2D eigenvalue weighted by atomic mass is 35.5. The minimum atomic E-state index is 0.552. The van der Waals surface area contributed by atoms with Gasteiger partial charge in [0.15, 0.2) is 0 Å². The third-order valence-electron chi connectivity index (χ3n) is 4.10. The highest BCUT2D eigenvalue weighted by molar-refractivity contribution is 6.31. The van der Waals surface area contributed by atoms with Crippen molar-refractivity contribution in [2.45, 2.75) is 32.6 Å². The van der Waals surface area contributed by atoms with Gasteiger partial charge in [-0.25, -0.2) is 0 Å². The number of hydrogen-bond acceptors (Lipinski definition) is 2. The predicted octanol–water partition coefficient (Wildman–Crippen LogP) is 4.88. The van der Waals surface area contributed by atoms with Crippen LogP contribution in [0.15, 0.2) is 30.5 Å². The molecule has 2 aromatic rings. The Bertz CT molecular complexity index is 590. The zero-order chi connectivity index (χ0) is 13.3. The van der Waals surface area contributed by atoms with E-state index < -0.39 is 0 Å². The number of aromatic nitrogens is 1. The summed E-state index contributed by atoms with van der Waals surface area (Å²) in [7, 11) is 0. The van der Waals surface area contributed by atoms with Crippen molar-refractivity contribution in [1.29, 1.82) is 0 Å². The van der Waals surface area contributed by atoms with Gasteiger partial charge in [-0.3, -0.25) is 4.98 Å². The molecule has 0 unspecified atom stereocenters. The Morgan fingerprint density at radius 2 is 2.16 bits per heavy atom. The van der Waals surface area contributed by atoms with Gasteiger partial charge in [0.1, 0.15) is 0 Å². The highest BCUT2D eigenvalue weighted by Gasteiger charge is 2.41. The largest absolute Gasteiger partial charge is 0.384 e. The van der Waals surface area contributed by atoms with Crippen molar-refractivity contribution in [3.63, 3.8) is 0 Å². The van der Waals surface area contributed by atoms with Crippen LogP contribution in [0.5, 0.6) is 0 Å². The van der Waals surface area contributed by atoms with E-state index in [4.69, 9.17) is 11.6 Å². The summed E-state index contributed by atoms with van der Waals surface area (Å²) in [4.78, 5) is 4.37. The smallest absolute Gasteiger partial charge is 0.0737 e. The van der Waals surface area contributed by atoms with Crippen molar-refractivity contribution in [3.8, 4) is 0 Å². The Morgan fingerprint density at radius 3 is 2.89 bits per heavy atom. The van der Waals surface area contributed by atoms with Crippen molar-refractivity contribution < 1.29 is 0 Å². The van der Waals surface area contributed by atoms with Crippen molar-refractivity contribution in [1.82, 2.24) is 4.98 Å². The molecule has 0 spiro atoms. The van der Waals surface area contributed by atoms with E-state index in [0.717, 1.165) is 22.5 Å². The van der Waals surface area contributed by atoms with Crippen LogP contribution in [0.4, 0.5) is 5.69 Å². The Balaban J connectivity index is 1.81. The molecule has 1 N–H and O–H groups in total. The molecule has 3 rings (SSSR count). The second-order valence-electron chi connectivity index (χ2n) is 5.62. The molecular formula is C16H19ClN2. The molecule has 0 bridgehead atoms. The van der Waals surface area contributed by atoms with Gasteiger partial charge in [0, 0.05) is 28.8 Å². The predicted molar refractivity (Wildman–Crippen MR) is 81.8 cm³/mol. The minimum Gasteiger partial charge on any atom is -0.384 e. The first-order valence-corrected chi connectivity index (χ1v) is 7.38. The maximum Gasteiger partial charge on any atom is 0.0737 e. The molecule has 1 aliphatic carbocycles. The van der Waals surface area contributed by atoms with Crippen LogP contribution in [0.1, 0.15) is 32.6 Å². The standard InChI is InChI=1S/C16H19ClN2/c1-2-6-16(7-8-16)11-19-14-5-9-18-15-10-12(17)3-4-13(14)15/h3-5,9-10H,2,6-8,11H2,1H3,(H,18,19). The van der Waals surface area contributed by atoms with Crippen LogP contribution in [0.3, 0.4) is 0 Å². The molecule has 100 valence electrons. The van der Waals surface area contributed by atoms with E-state index in [2.05, 4.69) is 23.3 Å². The summed E-state index contributed by atoms with van der Waals surface area (Å²) in [6, 6.07) is 7.95. The monoisotopic (exact) mass is 274 g/mol. The molecular weight excluding hydrogens is 256 g/mol. The first-order chi connectivity index (χ1) is 9.22. The van der Waals surface area contributed by atoms with E-state index in [-0.39, 0.29) is 0 Å². The lowest BCUT2D eigenvalue weighted by molar-refractivity contribution is 0.486. The van der Waals surface area contributed by atoms with Gasteiger partial charge in [-0.1, -0.05) is 24.9 Å². The van der Waals surface area contributed by atoms with Crippen LogP contribution >= 0.6 is 11.6 Å². The third kappa shape index (κ3) is 2.69. The number of fused-ring (bicyclic) bond motifs is 1. The average molecular weight is 275 g/mol. The number of anilines is 1. The summed E-state index contributed by atoms with van der Waals surface area (Å²) in [5.41, 5.74) is 2.68. The van der Waals surface area contributed by atoms with Crippen molar-refractivity contribution in [2.24, 2.45) is 5.41 Å². The number of halogens is 1. The Hall–Kier alpha value is -1.28. The second-order valence-corrected chi connectivity index (χ2v) is 6.06. The van der Waals surface area contributed by atoms with Gasteiger partial charge in [0.25, 0.3) is 0 Å². The van der Waals surface area contributed by atoms with E-state index in [0.29, 0.717) is 5.41 Å². The molecule has 3 heteroatoms. The first kappa shape index (κ1) is 12.7. The molecule has 1 aromatic carbocycles. The third-order valence-corrected chi connectivity index (χ3v) is 4.33. The summed E-state index contributed by atoms with van der Waals surface area (Å²) >= 11 is 6.01. The molecule has 1 aliphatic rings. The van der Waals surface area contributed by atoms with Gasteiger partial charge < -0.3 is 5.32 Å². The molecule has 1 fully saturated rings. The Kier molecular flexibility index (Phi) is 3.36. The summed E-state index contributed by atoms with van der Waals surface area (Å²) < 4.78 is 0. The zero-order valence-electron chi connectivity index (χ0n) is 11.2. The summed E-state index contributed by atoms with van der Waals surface area (Å²) in [5, 5.41) is 5.50.